The van der Waals surface area contributed by atoms with Gasteiger partial charge in [-0.25, -0.2) is 4.98 Å². The molecule has 0 radical (unpaired) electrons. The maximum absolute atomic E-state index is 12.6. The summed E-state index contributed by atoms with van der Waals surface area (Å²) in [4.78, 5) is 40.9. The van der Waals surface area contributed by atoms with Crippen LogP contribution >= 0.6 is 0 Å². The van der Waals surface area contributed by atoms with E-state index in [4.69, 9.17) is 9.15 Å². The highest BCUT2D eigenvalue weighted by molar-refractivity contribution is 6.01. The van der Waals surface area contributed by atoms with Crippen molar-refractivity contribution in [2.24, 2.45) is 0 Å². The summed E-state index contributed by atoms with van der Waals surface area (Å²) in [6.07, 6.45) is 2.17. The fraction of sp³-hybridized carbons (Fsp3) is 0.182. The number of ether oxygens (including phenoxy) is 1. The molecule has 0 unspecified atom stereocenters. The van der Waals surface area contributed by atoms with E-state index in [1.807, 2.05) is 25.1 Å². The number of anilines is 1. The third kappa shape index (κ3) is 3.93. The molecule has 2 heterocycles. The van der Waals surface area contributed by atoms with Crippen LogP contribution in [0.25, 0.3) is 22.1 Å². The standard InChI is InChI=1S/C22H19N3O5/c1-2-14-7-9-15(10-8-14)24-18(26)12-29-19(27)11-25-13-23-20-16-5-3-4-6-17(16)30-21(20)22(25)28/h3-10,13H,2,11-12H2,1H3,(H,24,26). The molecule has 0 spiro atoms. The van der Waals surface area contributed by atoms with Gasteiger partial charge in [-0.05, 0) is 36.2 Å². The van der Waals surface area contributed by atoms with Crippen LogP contribution in [-0.2, 0) is 27.3 Å². The Labute approximate surface area is 171 Å². The van der Waals surface area contributed by atoms with Crippen LogP contribution < -0.4 is 10.9 Å². The van der Waals surface area contributed by atoms with Gasteiger partial charge < -0.3 is 14.5 Å². The minimum atomic E-state index is -0.731. The molecule has 4 rings (SSSR count). The van der Waals surface area contributed by atoms with E-state index in [-0.39, 0.29) is 12.1 Å². The van der Waals surface area contributed by atoms with Gasteiger partial charge in [0.15, 0.2) is 6.61 Å². The number of carbonyl (C=O) groups excluding carboxylic acids is 2. The van der Waals surface area contributed by atoms with Crippen LogP contribution in [0.4, 0.5) is 5.69 Å². The first kappa shape index (κ1) is 19.4. The maximum atomic E-state index is 12.6. The lowest BCUT2D eigenvalue weighted by Gasteiger charge is -2.08. The molecule has 0 bridgehead atoms. The van der Waals surface area contributed by atoms with Crippen LogP contribution in [0, 0.1) is 0 Å². The van der Waals surface area contributed by atoms with Crippen LogP contribution in [0.3, 0.4) is 0 Å². The molecule has 2 aromatic heterocycles. The second-order valence-electron chi connectivity index (χ2n) is 6.71. The predicted octanol–water partition coefficient (Wildman–Crippen LogP) is 2.89. The third-order valence-electron chi connectivity index (χ3n) is 4.66. The molecular formula is C22H19N3O5. The molecule has 0 aliphatic carbocycles. The first-order valence-corrected chi connectivity index (χ1v) is 9.46. The first-order chi connectivity index (χ1) is 14.5. The smallest absolute Gasteiger partial charge is 0.326 e. The average molecular weight is 405 g/mol. The number of aryl methyl sites for hydroxylation is 1. The van der Waals surface area contributed by atoms with Crippen molar-refractivity contribution in [3.8, 4) is 0 Å². The Morgan fingerprint density at radius 1 is 1.13 bits per heavy atom. The summed E-state index contributed by atoms with van der Waals surface area (Å²) in [5.41, 5.74) is 2.33. The molecular weight excluding hydrogens is 386 g/mol. The monoisotopic (exact) mass is 405 g/mol. The third-order valence-corrected chi connectivity index (χ3v) is 4.66. The molecule has 30 heavy (non-hydrogen) atoms. The van der Waals surface area contributed by atoms with Crippen LogP contribution in [0.5, 0.6) is 0 Å². The zero-order valence-electron chi connectivity index (χ0n) is 16.3. The fourth-order valence-corrected chi connectivity index (χ4v) is 3.08. The van der Waals surface area contributed by atoms with Crippen molar-refractivity contribution in [3.05, 3.63) is 70.8 Å². The van der Waals surface area contributed by atoms with Crippen molar-refractivity contribution < 1.29 is 18.7 Å². The molecule has 152 valence electrons. The van der Waals surface area contributed by atoms with Crippen LogP contribution in [0.2, 0.25) is 0 Å². The second kappa shape index (κ2) is 8.20. The summed E-state index contributed by atoms with van der Waals surface area (Å²) in [7, 11) is 0. The normalized spacial score (nSPS) is 11.0. The van der Waals surface area contributed by atoms with Crippen molar-refractivity contribution >= 4 is 39.6 Å². The second-order valence-corrected chi connectivity index (χ2v) is 6.71. The van der Waals surface area contributed by atoms with E-state index in [0.29, 0.717) is 16.8 Å². The van der Waals surface area contributed by atoms with Gasteiger partial charge in [0.25, 0.3) is 11.5 Å². The Balaban J connectivity index is 1.39. The van der Waals surface area contributed by atoms with Gasteiger partial charge >= 0.3 is 5.97 Å². The number of amides is 1. The van der Waals surface area contributed by atoms with E-state index < -0.39 is 24.0 Å². The van der Waals surface area contributed by atoms with E-state index >= 15 is 0 Å². The van der Waals surface area contributed by atoms with E-state index in [2.05, 4.69) is 10.3 Å². The van der Waals surface area contributed by atoms with E-state index in [0.717, 1.165) is 21.9 Å². The fourth-order valence-electron chi connectivity index (χ4n) is 3.08. The van der Waals surface area contributed by atoms with Gasteiger partial charge in [-0.15, -0.1) is 0 Å². The summed E-state index contributed by atoms with van der Waals surface area (Å²) in [5.74, 6) is -1.20. The zero-order chi connectivity index (χ0) is 21.1. The lowest BCUT2D eigenvalue weighted by molar-refractivity contribution is -0.147. The Morgan fingerprint density at radius 3 is 2.67 bits per heavy atom. The molecule has 1 N–H and O–H groups in total. The van der Waals surface area contributed by atoms with Crippen LogP contribution in [0.15, 0.2) is 64.1 Å². The summed E-state index contributed by atoms with van der Waals surface area (Å²) in [6, 6.07) is 14.6. The Bertz CT molecular complexity index is 1290. The lowest BCUT2D eigenvalue weighted by atomic mass is 10.1. The van der Waals surface area contributed by atoms with Gasteiger partial charge in [-0.1, -0.05) is 31.2 Å². The predicted molar refractivity (Wildman–Crippen MR) is 111 cm³/mol. The number of hydrogen-bond acceptors (Lipinski definition) is 6. The van der Waals surface area contributed by atoms with Crippen LogP contribution in [0.1, 0.15) is 12.5 Å². The average Bonchev–Trinajstić information content (AvgIpc) is 3.14. The Morgan fingerprint density at radius 2 is 1.90 bits per heavy atom. The molecule has 8 nitrogen and oxygen atoms in total. The highest BCUT2D eigenvalue weighted by atomic mass is 16.5. The summed E-state index contributed by atoms with van der Waals surface area (Å²) in [6.45, 7) is 1.21. The summed E-state index contributed by atoms with van der Waals surface area (Å²) in [5, 5.41) is 3.38. The number of hydrogen-bond donors (Lipinski definition) is 1. The molecule has 2 aromatic carbocycles. The molecule has 0 saturated heterocycles. The number of fused-ring (bicyclic) bond motifs is 3. The molecule has 4 aromatic rings. The minimum Gasteiger partial charge on any atom is -0.454 e. The van der Waals surface area contributed by atoms with Crippen LogP contribution in [-0.4, -0.2) is 28.0 Å². The van der Waals surface area contributed by atoms with Crippen molar-refractivity contribution in [2.45, 2.75) is 19.9 Å². The quantitative estimate of drug-likeness (QED) is 0.495. The number of carbonyl (C=O) groups is 2. The first-order valence-electron chi connectivity index (χ1n) is 9.46. The summed E-state index contributed by atoms with van der Waals surface area (Å²) < 4.78 is 11.6. The van der Waals surface area contributed by atoms with E-state index in [9.17, 15) is 14.4 Å². The van der Waals surface area contributed by atoms with Crippen molar-refractivity contribution in [1.29, 1.82) is 0 Å². The van der Waals surface area contributed by atoms with Gasteiger partial charge in [-0.3, -0.25) is 19.0 Å². The molecule has 0 fully saturated rings. The van der Waals surface area contributed by atoms with Crippen molar-refractivity contribution in [1.82, 2.24) is 9.55 Å². The van der Waals surface area contributed by atoms with Gasteiger partial charge in [0, 0.05) is 11.1 Å². The number of nitrogens with zero attached hydrogens (tertiary/aromatic N) is 2. The highest BCUT2D eigenvalue weighted by Crippen LogP contribution is 2.23. The zero-order valence-corrected chi connectivity index (χ0v) is 16.3. The lowest BCUT2D eigenvalue weighted by Crippen LogP contribution is -2.27. The molecule has 0 saturated carbocycles. The number of benzene rings is 2. The van der Waals surface area contributed by atoms with Crippen molar-refractivity contribution in [3.63, 3.8) is 0 Å². The molecule has 0 aliphatic heterocycles. The van der Waals surface area contributed by atoms with Gasteiger partial charge in [0.1, 0.15) is 17.6 Å². The largest absolute Gasteiger partial charge is 0.454 e. The van der Waals surface area contributed by atoms with E-state index in [1.54, 1.807) is 30.3 Å². The number of para-hydroxylation sites is 1. The number of rotatable bonds is 6. The summed E-state index contributed by atoms with van der Waals surface area (Å²) >= 11 is 0. The minimum absolute atomic E-state index is 0.0692. The molecule has 0 atom stereocenters. The number of esters is 1. The van der Waals surface area contributed by atoms with Gasteiger partial charge in [-0.2, -0.15) is 0 Å². The van der Waals surface area contributed by atoms with Gasteiger partial charge in [0.05, 0.1) is 6.33 Å². The SMILES string of the molecule is CCc1ccc(NC(=O)COC(=O)Cn2cnc3c(oc4ccccc43)c2=O)cc1. The molecule has 1 amide bonds. The highest BCUT2D eigenvalue weighted by Gasteiger charge is 2.15. The number of furan rings is 1. The number of aromatic nitrogens is 2. The molecule has 8 heteroatoms. The topological polar surface area (TPSA) is 103 Å². The Kier molecular flexibility index (Phi) is 5.30. The molecule has 0 aliphatic rings. The van der Waals surface area contributed by atoms with Gasteiger partial charge in [0.2, 0.25) is 5.58 Å². The number of nitrogens with one attached hydrogen (secondary N) is 1. The Hall–Kier alpha value is -3.94. The van der Waals surface area contributed by atoms with E-state index in [1.165, 1.54) is 6.33 Å². The van der Waals surface area contributed by atoms with Crippen molar-refractivity contribution in [2.75, 3.05) is 11.9 Å². The maximum Gasteiger partial charge on any atom is 0.326 e.